The predicted octanol–water partition coefficient (Wildman–Crippen LogP) is 1.48. The Bertz CT molecular complexity index is 389. The van der Waals surface area contributed by atoms with Crippen LogP contribution in [0.1, 0.15) is 24.0 Å². The van der Waals surface area contributed by atoms with Crippen molar-refractivity contribution in [1.82, 2.24) is 4.90 Å². The standard InChI is InChI=1S/C13H17NO2/c1-10-4-2-3-5-11(10)8-14-12(9-15)6-7-13(14)16/h2-5,12,15H,6-9H2,1H3. The summed E-state index contributed by atoms with van der Waals surface area (Å²) >= 11 is 0. The quantitative estimate of drug-likeness (QED) is 0.836. The van der Waals surface area contributed by atoms with Gasteiger partial charge in [0.05, 0.1) is 12.6 Å². The molecule has 3 nitrogen and oxygen atoms in total. The Labute approximate surface area is 95.7 Å². The summed E-state index contributed by atoms with van der Waals surface area (Å²) in [5, 5.41) is 9.21. The minimum atomic E-state index is 0.00658. The molecule has 86 valence electrons. The number of carbonyl (C=O) groups is 1. The van der Waals surface area contributed by atoms with Gasteiger partial charge in [0, 0.05) is 13.0 Å². The first kappa shape index (κ1) is 11.1. The van der Waals surface area contributed by atoms with Crippen molar-refractivity contribution in [3.8, 4) is 0 Å². The second-order valence-corrected chi connectivity index (χ2v) is 4.32. The molecule has 2 rings (SSSR count). The summed E-state index contributed by atoms with van der Waals surface area (Å²) < 4.78 is 0. The highest BCUT2D eigenvalue weighted by molar-refractivity contribution is 5.78. The van der Waals surface area contributed by atoms with Gasteiger partial charge in [-0.1, -0.05) is 24.3 Å². The Morgan fingerprint density at radius 3 is 2.88 bits per heavy atom. The molecule has 0 spiro atoms. The molecule has 0 bridgehead atoms. The maximum atomic E-state index is 11.7. The van der Waals surface area contributed by atoms with Crippen LogP contribution in [0.15, 0.2) is 24.3 Å². The van der Waals surface area contributed by atoms with E-state index in [1.165, 1.54) is 5.56 Å². The molecule has 1 heterocycles. The number of rotatable bonds is 3. The molecule has 0 aliphatic carbocycles. The second kappa shape index (κ2) is 4.66. The van der Waals surface area contributed by atoms with Crippen LogP contribution in [0.25, 0.3) is 0 Å². The van der Waals surface area contributed by atoms with Crippen LogP contribution in [0.2, 0.25) is 0 Å². The van der Waals surface area contributed by atoms with Gasteiger partial charge < -0.3 is 10.0 Å². The van der Waals surface area contributed by atoms with Gasteiger partial charge in [-0.2, -0.15) is 0 Å². The molecule has 3 heteroatoms. The SMILES string of the molecule is Cc1ccccc1CN1C(=O)CCC1CO. The number of aryl methyl sites for hydroxylation is 1. The van der Waals surface area contributed by atoms with Crippen LogP contribution in [0, 0.1) is 6.92 Å². The maximum absolute atomic E-state index is 11.7. The first-order valence-electron chi connectivity index (χ1n) is 5.67. The first-order chi connectivity index (χ1) is 7.72. The Hall–Kier alpha value is -1.35. The van der Waals surface area contributed by atoms with Gasteiger partial charge in [0.1, 0.15) is 0 Å². The van der Waals surface area contributed by atoms with Crippen molar-refractivity contribution in [1.29, 1.82) is 0 Å². The van der Waals surface area contributed by atoms with Crippen LogP contribution in [0.3, 0.4) is 0 Å². The lowest BCUT2D eigenvalue weighted by Gasteiger charge is -2.24. The van der Waals surface area contributed by atoms with E-state index >= 15 is 0 Å². The van der Waals surface area contributed by atoms with Gasteiger partial charge in [0.2, 0.25) is 5.91 Å². The zero-order chi connectivity index (χ0) is 11.5. The van der Waals surface area contributed by atoms with Gasteiger partial charge >= 0.3 is 0 Å². The van der Waals surface area contributed by atoms with Crippen LogP contribution in [-0.4, -0.2) is 28.6 Å². The van der Waals surface area contributed by atoms with E-state index in [1.807, 2.05) is 31.2 Å². The molecule has 1 fully saturated rings. The van der Waals surface area contributed by atoms with E-state index in [4.69, 9.17) is 0 Å². The maximum Gasteiger partial charge on any atom is 0.223 e. The van der Waals surface area contributed by atoms with E-state index in [1.54, 1.807) is 4.90 Å². The molecule has 1 aliphatic rings. The van der Waals surface area contributed by atoms with Crippen molar-refractivity contribution in [3.05, 3.63) is 35.4 Å². The van der Waals surface area contributed by atoms with E-state index in [0.29, 0.717) is 13.0 Å². The highest BCUT2D eigenvalue weighted by Gasteiger charge is 2.30. The van der Waals surface area contributed by atoms with Gasteiger partial charge in [0.25, 0.3) is 0 Å². The summed E-state index contributed by atoms with van der Waals surface area (Å²) in [6.45, 7) is 2.73. The minimum Gasteiger partial charge on any atom is -0.394 e. The van der Waals surface area contributed by atoms with Crippen molar-refractivity contribution in [2.45, 2.75) is 32.4 Å². The molecule has 0 radical (unpaired) electrons. The molecule has 0 aromatic heterocycles. The summed E-state index contributed by atoms with van der Waals surface area (Å²) in [5.41, 5.74) is 2.36. The molecule has 0 saturated carbocycles. The van der Waals surface area contributed by atoms with Crippen LogP contribution < -0.4 is 0 Å². The van der Waals surface area contributed by atoms with Crippen LogP contribution in [0.4, 0.5) is 0 Å². The summed E-state index contributed by atoms with van der Waals surface area (Å²) in [7, 11) is 0. The highest BCUT2D eigenvalue weighted by Crippen LogP contribution is 2.22. The van der Waals surface area contributed by atoms with Crippen molar-refractivity contribution < 1.29 is 9.90 Å². The van der Waals surface area contributed by atoms with Gasteiger partial charge in [-0.05, 0) is 24.5 Å². The topological polar surface area (TPSA) is 40.5 Å². The molecule has 1 amide bonds. The first-order valence-corrected chi connectivity index (χ1v) is 5.67. The van der Waals surface area contributed by atoms with Crippen molar-refractivity contribution in [2.75, 3.05) is 6.61 Å². The number of hydrogen-bond donors (Lipinski definition) is 1. The number of aliphatic hydroxyl groups excluding tert-OH is 1. The third kappa shape index (κ3) is 2.09. The second-order valence-electron chi connectivity index (χ2n) is 4.32. The number of benzene rings is 1. The number of amides is 1. The third-order valence-electron chi connectivity index (χ3n) is 3.27. The van der Waals surface area contributed by atoms with Gasteiger partial charge in [-0.15, -0.1) is 0 Å². The zero-order valence-corrected chi connectivity index (χ0v) is 9.52. The van der Waals surface area contributed by atoms with E-state index in [-0.39, 0.29) is 18.6 Å². The Kier molecular flexibility index (Phi) is 3.25. The van der Waals surface area contributed by atoms with Crippen molar-refractivity contribution in [2.24, 2.45) is 0 Å². The van der Waals surface area contributed by atoms with E-state index in [2.05, 4.69) is 0 Å². The summed E-state index contributed by atoms with van der Waals surface area (Å²) in [5.74, 6) is 0.155. The lowest BCUT2D eigenvalue weighted by Crippen LogP contribution is -2.34. The van der Waals surface area contributed by atoms with Crippen molar-refractivity contribution in [3.63, 3.8) is 0 Å². The average Bonchev–Trinajstić information content (AvgIpc) is 2.63. The number of hydrogen-bond acceptors (Lipinski definition) is 2. The molecule has 16 heavy (non-hydrogen) atoms. The molecule has 1 N–H and O–H groups in total. The van der Waals surface area contributed by atoms with Gasteiger partial charge in [-0.3, -0.25) is 4.79 Å². The fourth-order valence-electron chi connectivity index (χ4n) is 2.17. The predicted molar refractivity (Wildman–Crippen MR) is 61.8 cm³/mol. The number of aliphatic hydroxyl groups is 1. The Balaban J connectivity index is 2.14. The van der Waals surface area contributed by atoms with Gasteiger partial charge in [0.15, 0.2) is 0 Å². The van der Waals surface area contributed by atoms with Crippen LogP contribution in [0.5, 0.6) is 0 Å². The largest absolute Gasteiger partial charge is 0.394 e. The highest BCUT2D eigenvalue weighted by atomic mass is 16.3. The lowest BCUT2D eigenvalue weighted by molar-refractivity contribution is -0.130. The minimum absolute atomic E-state index is 0.00658. The average molecular weight is 219 g/mol. The normalized spacial score (nSPS) is 20.5. The monoisotopic (exact) mass is 219 g/mol. The van der Waals surface area contributed by atoms with E-state index < -0.39 is 0 Å². The molecular formula is C13H17NO2. The molecular weight excluding hydrogens is 202 g/mol. The van der Waals surface area contributed by atoms with E-state index in [9.17, 15) is 9.90 Å². The van der Waals surface area contributed by atoms with Crippen molar-refractivity contribution >= 4 is 5.91 Å². The molecule has 1 unspecified atom stereocenters. The smallest absolute Gasteiger partial charge is 0.223 e. The van der Waals surface area contributed by atoms with E-state index in [0.717, 1.165) is 12.0 Å². The van der Waals surface area contributed by atoms with Crippen LogP contribution in [-0.2, 0) is 11.3 Å². The fourth-order valence-corrected chi connectivity index (χ4v) is 2.17. The lowest BCUT2D eigenvalue weighted by atomic mass is 10.1. The number of nitrogens with zero attached hydrogens (tertiary/aromatic N) is 1. The number of carbonyl (C=O) groups excluding carboxylic acids is 1. The molecule has 1 saturated heterocycles. The third-order valence-corrected chi connectivity index (χ3v) is 3.27. The molecule has 1 aromatic rings. The molecule has 1 aromatic carbocycles. The zero-order valence-electron chi connectivity index (χ0n) is 9.52. The van der Waals surface area contributed by atoms with Gasteiger partial charge in [-0.25, -0.2) is 0 Å². The summed E-state index contributed by atoms with van der Waals surface area (Å²) in [6.07, 6.45) is 1.35. The summed E-state index contributed by atoms with van der Waals surface area (Å²) in [6, 6.07) is 8.07. The summed E-state index contributed by atoms with van der Waals surface area (Å²) in [4.78, 5) is 13.5. The van der Waals surface area contributed by atoms with Crippen LogP contribution >= 0.6 is 0 Å². The number of likely N-dealkylation sites (tertiary alicyclic amines) is 1. The Morgan fingerprint density at radius 1 is 1.44 bits per heavy atom. The Morgan fingerprint density at radius 2 is 2.19 bits per heavy atom. The molecule has 1 atom stereocenters. The fraction of sp³-hybridized carbons (Fsp3) is 0.462. The molecule has 1 aliphatic heterocycles.